The number of hydrogen-bond donors (Lipinski definition) is 0. The molecule has 1 aromatic rings. The normalized spacial score (nSPS) is 10.4. The number of thiazole rings is 1. The van der Waals surface area contributed by atoms with Gasteiger partial charge in [0.1, 0.15) is 7.05 Å². The van der Waals surface area contributed by atoms with E-state index >= 15 is 0 Å². The van der Waals surface area contributed by atoms with Crippen LogP contribution >= 0.6 is 11.3 Å². The second kappa shape index (κ2) is 2.70. The maximum absolute atomic E-state index is 2.28. The van der Waals surface area contributed by atoms with E-state index in [0.29, 0.717) is 0 Å². The first kappa shape index (κ1) is 7.73. The second-order valence-electron chi connectivity index (χ2n) is 2.55. The minimum atomic E-state index is 1.15. The molecule has 0 aromatic carbocycles. The lowest BCUT2D eigenvalue weighted by molar-refractivity contribution is -0.679. The molecule has 0 amide bonds. The topological polar surface area (TPSA) is 3.88 Å². The van der Waals surface area contributed by atoms with Crippen LogP contribution in [-0.4, -0.2) is 0 Å². The number of rotatable bonds is 1. The van der Waals surface area contributed by atoms with Gasteiger partial charge in [-0.25, -0.2) is 0 Å². The third kappa shape index (κ3) is 1.08. The molecule has 0 bridgehead atoms. The summed E-state index contributed by atoms with van der Waals surface area (Å²) in [5.41, 5.74) is 1.40. The van der Waals surface area contributed by atoms with E-state index in [9.17, 15) is 0 Å². The highest BCUT2D eigenvalue weighted by Crippen LogP contribution is 2.13. The molecule has 0 aliphatic rings. The zero-order valence-corrected chi connectivity index (χ0v) is 7.88. The highest BCUT2D eigenvalue weighted by Gasteiger charge is 2.13. The lowest BCUT2D eigenvalue weighted by atomic mass is 10.4. The molecule has 0 saturated heterocycles. The number of aryl methyl sites for hydroxylation is 2. The van der Waals surface area contributed by atoms with E-state index in [-0.39, 0.29) is 0 Å². The third-order valence-electron chi connectivity index (χ3n) is 1.96. The molecule has 56 valence electrons. The Balaban J connectivity index is 3.17. The zero-order valence-electron chi connectivity index (χ0n) is 7.06. The van der Waals surface area contributed by atoms with Crippen molar-refractivity contribution in [2.24, 2.45) is 7.05 Å². The number of nitrogens with zero attached hydrogens (tertiary/aromatic N) is 1. The van der Waals surface area contributed by atoms with Crippen molar-refractivity contribution in [2.75, 3.05) is 0 Å². The van der Waals surface area contributed by atoms with Crippen LogP contribution in [-0.2, 0) is 13.5 Å². The first-order valence-corrected chi connectivity index (χ1v) is 4.43. The van der Waals surface area contributed by atoms with Crippen molar-refractivity contribution in [1.82, 2.24) is 0 Å². The fourth-order valence-corrected chi connectivity index (χ4v) is 2.11. The molecule has 0 radical (unpaired) electrons. The summed E-state index contributed by atoms with van der Waals surface area (Å²) in [5, 5.41) is 1.47. The van der Waals surface area contributed by atoms with Gasteiger partial charge in [0.25, 0.3) is 0 Å². The summed E-state index contributed by atoms with van der Waals surface area (Å²) in [7, 11) is 2.14. The predicted octanol–water partition coefficient (Wildman–Crippen LogP) is 1.75. The summed E-state index contributed by atoms with van der Waals surface area (Å²) in [4.78, 5) is 1.44. The molecular weight excluding hydrogens is 142 g/mol. The SMILES string of the molecule is CCc1sc(C)c(C)[n+]1C. The van der Waals surface area contributed by atoms with Crippen LogP contribution < -0.4 is 4.57 Å². The van der Waals surface area contributed by atoms with Crippen LogP contribution in [0.3, 0.4) is 0 Å². The van der Waals surface area contributed by atoms with Gasteiger partial charge in [-0.3, -0.25) is 0 Å². The average molecular weight is 156 g/mol. The van der Waals surface area contributed by atoms with Crippen LogP contribution in [0.25, 0.3) is 0 Å². The summed E-state index contributed by atoms with van der Waals surface area (Å²) in [5.74, 6) is 0. The Morgan fingerprint density at radius 3 is 2.20 bits per heavy atom. The van der Waals surface area contributed by atoms with E-state index in [0.717, 1.165) is 6.42 Å². The maximum atomic E-state index is 2.28. The standard InChI is InChI=1S/C8H14NS/c1-5-8-9(4)6(2)7(3)10-8/h5H2,1-4H3/q+1. The van der Waals surface area contributed by atoms with Crippen molar-refractivity contribution in [3.05, 3.63) is 15.6 Å². The van der Waals surface area contributed by atoms with E-state index in [1.54, 1.807) is 0 Å². The van der Waals surface area contributed by atoms with Crippen LogP contribution in [0.4, 0.5) is 0 Å². The van der Waals surface area contributed by atoms with Crippen LogP contribution in [0.15, 0.2) is 0 Å². The van der Waals surface area contributed by atoms with E-state index < -0.39 is 0 Å². The summed E-state index contributed by atoms with van der Waals surface area (Å²) < 4.78 is 2.28. The average Bonchev–Trinajstić information content (AvgIpc) is 2.17. The molecule has 1 heterocycles. The maximum Gasteiger partial charge on any atom is 0.237 e. The lowest BCUT2D eigenvalue weighted by Gasteiger charge is -1.86. The molecule has 0 aliphatic heterocycles. The molecule has 0 N–H and O–H groups in total. The van der Waals surface area contributed by atoms with E-state index in [1.807, 2.05) is 11.3 Å². The summed E-state index contributed by atoms with van der Waals surface area (Å²) in [6.07, 6.45) is 1.15. The van der Waals surface area contributed by atoms with Crippen molar-refractivity contribution in [3.8, 4) is 0 Å². The van der Waals surface area contributed by atoms with E-state index in [4.69, 9.17) is 0 Å². The van der Waals surface area contributed by atoms with Crippen molar-refractivity contribution >= 4 is 11.3 Å². The van der Waals surface area contributed by atoms with Crippen molar-refractivity contribution in [2.45, 2.75) is 27.2 Å². The molecule has 0 aliphatic carbocycles. The molecule has 1 nitrogen and oxygen atoms in total. The fraction of sp³-hybridized carbons (Fsp3) is 0.625. The molecule has 0 saturated carbocycles. The molecule has 0 spiro atoms. The predicted molar refractivity (Wildman–Crippen MR) is 44.3 cm³/mol. The molecule has 1 rings (SSSR count). The van der Waals surface area contributed by atoms with Crippen molar-refractivity contribution in [1.29, 1.82) is 0 Å². The minimum absolute atomic E-state index is 1.15. The summed E-state index contributed by atoms with van der Waals surface area (Å²) in [6.45, 7) is 6.55. The molecule has 0 atom stereocenters. The van der Waals surface area contributed by atoms with Crippen LogP contribution in [0.5, 0.6) is 0 Å². The smallest absolute Gasteiger partial charge is 0.193 e. The highest BCUT2D eigenvalue weighted by atomic mass is 32.1. The Hall–Kier alpha value is -0.370. The van der Waals surface area contributed by atoms with Gasteiger partial charge in [0.2, 0.25) is 5.01 Å². The zero-order chi connectivity index (χ0) is 7.72. The molecular formula is C8H14NS+. The van der Waals surface area contributed by atoms with Crippen LogP contribution in [0.1, 0.15) is 22.5 Å². The molecule has 0 unspecified atom stereocenters. The largest absolute Gasteiger partial charge is 0.237 e. The molecule has 2 heteroatoms. The van der Waals surface area contributed by atoms with Gasteiger partial charge in [-0.15, -0.1) is 0 Å². The lowest BCUT2D eigenvalue weighted by Crippen LogP contribution is -2.33. The van der Waals surface area contributed by atoms with Crippen LogP contribution in [0, 0.1) is 13.8 Å². The molecule has 10 heavy (non-hydrogen) atoms. The van der Waals surface area contributed by atoms with E-state index in [1.165, 1.54) is 15.6 Å². The minimum Gasteiger partial charge on any atom is -0.193 e. The number of aromatic nitrogens is 1. The molecule has 1 aromatic heterocycles. The third-order valence-corrected chi connectivity index (χ3v) is 3.36. The Kier molecular flexibility index (Phi) is 2.09. The first-order chi connectivity index (χ1) is 4.66. The summed E-state index contributed by atoms with van der Waals surface area (Å²) >= 11 is 1.90. The Bertz CT molecular complexity index is 238. The van der Waals surface area contributed by atoms with Gasteiger partial charge < -0.3 is 0 Å². The Morgan fingerprint density at radius 1 is 1.40 bits per heavy atom. The monoisotopic (exact) mass is 156 g/mol. The van der Waals surface area contributed by atoms with Crippen molar-refractivity contribution in [3.63, 3.8) is 0 Å². The van der Waals surface area contributed by atoms with Crippen LogP contribution in [0.2, 0.25) is 0 Å². The van der Waals surface area contributed by atoms with Gasteiger partial charge in [0.05, 0.1) is 4.88 Å². The Labute approximate surface area is 66.3 Å². The van der Waals surface area contributed by atoms with E-state index in [2.05, 4.69) is 32.4 Å². The van der Waals surface area contributed by atoms with Gasteiger partial charge in [0.15, 0.2) is 5.69 Å². The quantitative estimate of drug-likeness (QED) is 0.545. The molecule has 0 fully saturated rings. The van der Waals surface area contributed by atoms with Gasteiger partial charge >= 0.3 is 0 Å². The first-order valence-electron chi connectivity index (χ1n) is 3.61. The highest BCUT2D eigenvalue weighted by molar-refractivity contribution is 7.11. The van der Waals surface area contributed by atoms with Gasteiger partial charge in [-0.2, -0.15) is 4.57 Å². The fourth-order valence-electron chi connectivity index (χ4n) is 1.05. The Morgan fingerprint density at radius 2 is 2.00 bits per heavy atom. The summed E-state index contributed by atoms with van der Waals surface area (Å²) in [6, 6.07) is 0. The van der Waals surface area contributed by atoms with Gasteiger partial charge in [-0.1, -0.05) is 18.3 Å². The van der Waals surface area contributed by atoms with Gasteiger partial charge in [-0.05, 0) is 6.92 Å². The van der Waals surface area contributed by atoms with Crippen molar-refractivity contribution < 1.29 is 4.57 Å². The van der Waals surface area contributed by atoms with Gasteiger partial charge in [0, 0.05) is 13.3 Å². The number of hydrogen-bond acceptors (Lipinski definition) is 1. The second-order valence-corrected chi connectivity index (χ2v) is 3.84.